The maximum Gasteiger partial charge on any atom is 0.320 e. The number of carbonyl (C=O) groups is 1. The van der Waals surface area contributed by atoms with Gasteiger partial charge in [0.2, 0.25) is 0 Å². The SMILES string of the molecule is CCCN(CC(=O)OCC)Cc1cc(CC)nn1CC. The molecule has 0 fully saturated rings. The van der Waals surface area contributed by atoms with Gasteiger partial charge in [-0.2, -0.15) is 5.10 Å². The molecule has 1 heterocycles. The molecule has 0 amide bonds. The Balaban J connectivity index is 2.73. The Morgan fingerprint density at radius 3 is 2.65 bits per heavy atom. The van der Waals surface area contributed by atoms with E-state index in [-0.39, 0.29) is 5.97 Å². The van der Waals surface area contributed by atoms with Crippen molar-refractivity contribution in [3.63, 3.8) is 0 Å². The van der Waals surface area contributed by atoms with Crippen LogP contribution in [0, 0.1) is 0 Å². The van der Waals surface area contributed by atoms with Crippen LogP contribution in [0.2, 0.25) is 0 Å². The molecular weight excluding hydrogens is 254 g/mol. The molecule has 0 bridgehead atoms. The van der Waals surface area contributed by atoms with Crippen LogP contribution in [0.4, 0.5) is 0 Å². The fourth-order valence-corrected chi connectivity index (χ4v) is 2.24. The van der Waals surface area contributed by atoms with Gasteiger partial charge in [0.25, 0.3) is 0 Å². The molecule has 0 spiro atoms. The second kappa shape index (κ2) is 8.74. The van der Waals surface area contributed by atoms with E-state index in [1.807, 2.05) is 11.6 Å². The van der Waals surface area contributed by atoms with E-state index in [2.05, 4.69) is 36.8 Å². The Hall–Kier alpha value is -1.36. The maximum atomic E-state index is 11.6. The predicted molar refractivity (Wildman–Crippen MR) is 79.5 cm³/mol. The van der Waals surface area contributed by atoms with Crippen LogP contribution in [0.5, 0.6) is 0 Å². The van der Waals surface area contributed by atoms with Crippen molar-refractivity contribution in [1.82, 2.24) is 14.7 Å². The number of aromatic nitrogens is 2. The first-order chi connectivity index (χ1) is 9.64. The molecule has 114 valence electrons. The van der Waals surface area contributed by atoms with Crippen LogP contribution in [0.1, 0.15) is 45.5 Å². The van der Waals surface area contributed by atoms with Crippen LogP contribution in [-0.4, -0.2) is 40.3 Å². The third kappa shape index (κ3) is 4.96. The van der Waals surface area contributed by atoms with Crippen LogP contribution in [0.3, 0.4) is 0 Å². The van der Waals surface area contributed by atoms with Crippen LogP contribution in [0.15, 0.2) is 6.07 Å². The topological polar surface area (TPSA) is 47.4 Å². The molecule has 1 aromatic rings. The summed E-state index contributed by atoms with van der Waals surface area (Å²) in [6.45, 7) is 11.4. The smallest absolute Gasteiger partial charge is 0.320 e. The molecule has 0 atom stereocenters. The van der Waals surface area contributed by atoms with E-state index >= 15 is 0 Å². The number of nitrogens with zero attached hydrogens (tertiary/aromatic N) is 3. The van der Waals surface area contributed by atoms with E-state index < -0.39 is 0 Å². The largest absolute Gasteiger partial charge is 0.465 e. The second-order valence-electron chi connectivity index (χ2n) is 4.81. The Morgan fingerprint density at radius 1 is 1.35 bits per heavy atom. The summed E-state index contributed by atoms with van der Waals surface area (Å²) in [6.07, 6.45) is 1.95. The Bertz CT molecular complexity index is 415. The maximum absolute atomic E-state index is 11.6. The van der Waals surface area contributed by atoms with Crippen LogP contribution >= 0.6 is 0 Å². The van der Waals surface area contributed by atoms with E-state index in [0.717, 1.165) is 38.2 Å². The van der Waals surface area contributed by atoms with Gasteiger partial charge in [-0.1, -0.05) is 13.8 Å². The summed E-state index contributed by atoms with van der Waals surface area (Å²) in [5.41, 5.74) is 2.27. The van der Waals surface area contributed by atoms with Crippen molar-refractivity contribution in [3.05, 3.63) is 17.5 Å². The van der Waals surface area contributed by atoms with Crippen molar-refractivity contribution in [2.75, 3.05) is 19.7 Å². The first-order valence-corrected chi connectivity index (χ1v) is 7.58. The number of rotatable bonds is 9. The highest BCUT2D eigenvalue weighted by molar-refractivity contribution is 5.71. The first-order valence-electron chi connectivity index (χ1n) is 7.58. The summed E-state index contributed by atoms with van der Waals surface area (Å²) < 4.78 is 7.06. The minimum atomic E-state index is -0.153. The molecule has 0 aliphatic rings. The average Bonchev–Trinajstić information content (AvgIpc) is 2.81. The number of ether oxygens (including phenoxy) is 1. The summed E-state index contributed by atoms with van der Waals surface area (Å²) in [5.74, 6) is -0.153. The molecule has 20 heavy (non-hydrogen) atoms. The molecular formula is C15H27N3O2. The molecule has 0 radical (unpaired) electrons. The summed E-state index contributed by atoms with van der Waals surface area (Å²) in [7, 11) is 0. The van der Waals surface area contributed by atoms with Gasteiger partial charge in [-0.05, 0) is 39.3 Å². The lowest BCUT2D eigenvalue weighted by atomic mass is 10.3. The van der Waals surface area contributed by atoms with Crippen molar-refractivity contribution < 1.29 is 9.53 Å². The van der Waals surface area contributed by atoms with Gasteiger partial charge in [0.05, 0.1) is 24.5 Å². The molecule has 5 nitrogen and oxygen atoms in total. The fraction of sp³-hybridized carbons (Fsp3) is 0.733. The molecule has 0 saturated heterocycles. The van der Waals surface area contributed by atoms with Crippen LogP contribution in [0.25, 0.3) is 0 Å². The monoisotopic (exact) mass is 281 g/mol. The van der Waals surface area contributed by atoms with Gasteiger partial charge >= 0.3 is 5.97 Å². The molecule has 5 heteroatoms. The van der Waals surface area contributed by atoms with Crippen molar-refractivity contribution >= 4 is 5.97 Å². The summed E-state index contributed by atoms with van der Waals surface area (Å²) >= 11 is 0. The van der Waals surface area contributed by atoms with E-state index in [0.29, 0.717) is 13.2 Å². The molecule has 0 aliphatic heterocycles. The number of hydrogen-bond acceptors (Lipinski definition) is 4. The van der Waals surface area contributed by atoms with E-state index in [1.54, 1.807) is 0 Å². The highest BCUT2D eigenvalue weighted by Crippen LogP contribution is 2.09. The fourth-order valence-electron chi connectivity index (χ4n) is 2.24. The number of carbonyl (C=O) groups excluding carboxylic acids is 1. The standard InChI is InChI=1S/C15H27N3O2/c1-5-9-17(12-15(19)20-8-4)11-14-10-13(6-2)16-18(14)7-3/h10H,5-9,11-12H2,1-4H3. The van der Waals surface area contributed by atoms with Gasteiger partial charge in [0, 0.05) is 13.1 Å². The quantitative estimate of drug-likeness (QED) is 0.651. The lowest BCUT2D eigenvalue weighted by molar-refractivity contribution is -0.144. The minimum absolute atomic E-state index is 0.153. The van der Waals surface area contributed by atoms with Crippen molar-refractivity contribution in [2.24, 2.45) is 0 Å². The molecule has 0 aliphatic carbocycles. The molecule has 1 aromatic heterocycles. The second-order valence-corrected chi connectivity index (χ2v) is 4.81. The summed E-state index contributed by atoms with van der Waals surface area (Å²) in [5, 5.41) is 4.55. The van der Waals surface area contributed by atoms with E-state index in [1.165, 1.54) is 5.69 Å². The Kier molecular flexibility index (Phi) is 7.30. The Labute approximate surface area is 121 Å². The van der Waals surface area contributed by atoms with Gasteiger partial charge in [-0.15, -0.1) is 0 Å². The van der Waals surface area contributed by atoms with Crippen molar-refractivity contribution in [1.29, 1.82) is 0 Å². The van der Waals surface area contributed by atoms with Crippen LogP contribution < -0.4 is 0 Å². The van der Waals surface area contributed by atoms with Crippen molar-refractivity contribution in [3.8, 4) is 0 Å². The highest BCUT2D eigenvalue weighted by atomic mass is 16.5. The van der Waals surface area contributed by atoms with Gasteiger partial charge < -0.3 is 4.74 Å². The molecule has 1 rings (SSSR count). The molecule has 0 aromatic carbocycles. The lowest BCUT2D eigenvalue weighted by Gasteiger charge is -2.20. The number of aryl methyl sites for hydroxylation is 2. The lowest BCUT2D eigenvalue weighted by Crippen LogP contribution is -2.32. The predicted octanol–water partition coefficient (Wildman–Crippen LogP) is 2.24. The van der Waals surface area contributed by atoms with Gasteiger partial charge in [0.1, 0.15) is 0 Å². The zero-order valence-corrected chi connectivity index (χ0v) is 13.2. The first kappa shape index (κ1) is 16.7. The van der Waals surface area contributed by atoms with E-state index in [4.69, 9.17) is 4.74 Å². The zero-order valence-electron chi connectivity index (χ0n) is 13.2. The van der Waals surface area contributed by atoms with Gasteiger partial charge in [-0.25, -0.2) is 0 Å². The van der Waals surface area contributed by atoms with E-state index in [9.17, 15) is 4.79 Å². The average molecular weight is 281 g/mol. The zero-order chi connectivity index (χ0) is 15.0. The number of hydrogen-bond donors (Lipinski definition) is 0. The molecule has 0 unspecified atom stereocenters. The van der Waals surface area contributed by atoms with Crippen LogP contribution in [-0.2, 0) is 29.0 Å². The summed E-state index contributed by atoms with van der Waals surface area (Å²) in [6, 6.07) is 2.14. The van der Waals surface area contributed by atoms with Crippen molar-refractivity contribution in [2.45, 2.75) is 53.6 Å². The van der Waals surface area contributed by atoms with Gasteiger partial charge in [-0.3, -0.25) is 14.4 Å². The third-order valence-corrected chi connectivity index (χ3v) is 3.16. The highest BCUT2D eigenvalue weighted by Gasteiger charge is 2.14. The van der Waals surface area contributed by atoms with Gasteiger partial charge in [0.15, 0.2) is 0 Å². The third-order valence-electron chi connectivity index (χ3n) is 3.16. The summed E-state index contributed by atoms with van der Waals surface area (Å²) in [4.78, 5) is 13.8. The Morgan fingerprint density at radius 2 is 2.10 bits per heavy atom. The minimum Gasteiger partial charge on any atom is -0.465 e. The normalized spacial score (nSPS) is 11.1. The molecule has 0 saturated carbocycles. The molecule has 0 N–H and O–H groups in total. The number of esters is 1.